The quantitative estimate of drug-likeness (QED) is 0.322. The van der Waals surface area contributed by atoms with Crippen molar-refractivity contribution >= 4 is 23.1 Å². The average Bonchev–Trinajstić information content (AvgIpc) is 3.15. The lowest BCUT2D eigenvalue weighted by molar-refractivity contribution is 0.0518. The van der Waals surface area contributed by atoms with Crippen LogP contribution in [0.1, 0.15) is 28.5 Å². The number of aryl methyl sites for hydroxylation is 1. The molecule has 4 rings (SSSR count). The molecular weight excluding hydrogens is 430 g/mol. The molecule has 0 radical (unpaired) electrons. The number of alkyl halides is 2. The van der Waals surface area contributed by atoms with Gasteiger partial charge >= 0.3 is 5.97 Å². The molecule has 0 spiro atoms. The SMILES string of the molecule is C=CC(F)(F)c1cccc(-c2nc(C)c3cnc(Nc4cncc(C(=O)OCC)c4)nn23)c1. The number of allylic oxidation sites excluding steroid dienone is 1. The van der Waals surface area contributed by atoms with Gasteiger partial charge in [0.25, 0.3) is 5.92 Å². The van der Waals surface area contributed by atoms with Gasteiger partial charge in [-0.1, -0.05) is 24.8 Å². The standard InChI is InChI=1S/C23H20F2N6O2/c1-4-23(24,25)17-8-6-7-15(9-17)20-28-14(3)19-13-27-22(30-31(19)20)29-18-10-16(11-26-12-18)21(32)33-5-2/h4,6-13H,1,5H2,2-3H3,(H,29,30). The average molecular weight is 450 g/mol. The van der Waals surface area contributed by atoms with E-state index in [0.29, 0.717) is 34.4 Å². The van der Waals surface area contributed by atoms with Crippen molar-refractivity contribution in [3.05, 3.63) is 78.4 Å². The maximum atomic E-state index is 14.1. The van der Waals surface area contributed by atoms with Crippen molar-refractivity contribution in [3.8, 4) is 11.4 Å². The molecule has 0 unspecified atom stereocenters. The lowest BCUT2D eigenvalue weighted by Crippen LogP contribution is -2.09. The minimum Gasteiger partial charge on any atom is -0.462 e. The van der Waals surface area contributed by atoms with Crippen molar-refractivity contribution in [2.45, 2.75) is 19.8 Å². The van der Waals surface area contributed by atoms with Crippen molar-refractivity contribution in [2.24, 2.45) is 0 Å². The fraction of sp³-hybridized carbons (Fsp3) is 0.174. The van der Waals surface area contributed by atoms with Gasteiger partial charge in [0, 0.05) is 17.3 Å². The fourth-order valence-corrected chi connectivity index (χ4v) is 3.21. The number of aromatic nitrogens is 5. The summed E-state index contributed by atoms with van der Waals surface area (Å²) in [7, 11) is 0. The number of nitrogens with one attached hydrogen (secondary N) is 1. The predicted molar refractivity (Wildman–Crippen MR) is 119 cm³/mol. The van der Waals surface area contributed by atoms with Crippen LogP contribution in [-0.2, 0) is 10.7 Å². The number of benzene rings is 1. The predicted octanol–water partition coefficient (Wildman–Crippen LogP) is 4.69. The number of fused-ring (bicyclic) bond motifs is 1. The summed E-state index contributed by atoms with van der Waals surface area (Å²) in [5.74, 6) is -3.07. The lowest BCUT2D eigenvalue weighted by Gasteiger charge is -2.12. The van der Waals surface area contributed by atoms with Gasteiger partial charge in [-0.15, -0.1) is 5.10 Å². The van der Waals surface area contributed by atoms with Gasteiger partial charge < -0.3 is 10.1 Å². The molecule has 0 atom stereocenters. The number of esters is 1. The van der Waals surface area contributed by atoms with E-state index in [2.05, 4.69) is 31.9 Å². The first-order valence-corrected chi connectivity index (χ1v) is 10.1. The summed E-state index contributed by atoms with van der Waals surface area (Å²) < 4.78 is 34.8. The van der Waals surface area contributed by atoms with Gasteiger partial charge in [0.05, 0.1) is 35.9 Å². The van der Waals surface area contributed by atoms with E-state index in [1.165, 1.54) is 35.1 Å². The third-order valence-corrected chi connectivity index (χ3v) is 4.84. The molecular formula is C23H20F2N6O2. The van der Waals surface area contributed by atoms with E-state index in [-0.39, 0.29) is 23.7 Å². The molecule has 0 aliphatic carbocycles. The number of nitrogens with zero attached hydrogens (tertiary/aromatic N) is 5. The van der Waals surface area contributed by atoms with Crippen LogP contribution < -0.4 is 5.32 Å². The van der Waals surface area contributed by atoms with Crippen LogP contribution in [0.2, 0.25) is 0 Å². The molecule has 0 aliphatic heterocycles. The Morgan fingerprint density at radius 2 is 2.09 bits per heavy atom. The number of hydrogen-bond donors (Lipinski definition) is 1. The van der Waals surface area contributed by atoms with Gasteiger partial charge in [-0.2, -0.15) is 8.78 Å². The van der Waals surface area contributed by atoms with Crippen molar-refractivity contribution < 1.29 is 18.3 Å². The first-order chi connectivity index (χ1) is 15.8. The Morgan fingerprint density at radius 1 is 1.27 bits per heavy atom. The summed E-state index contributed by atoms with van der Waals surface area (Å²) >= 11 is 0. The van der Waals surface area contributed by atoms with Gasteiger partial charge in [0.15, 0.2) is 5.82 Å². The molecule has 0 amide bonds. The number of ether oxygens (including phenoxy) is 1. The number of halogens is 2. The maximum Gasteiger partial charge on any atom is 0.339 e. The first kappa shape index (κ1) is 22.0. The number of imidazole rings is 1. The van der Waals surface area contributed by atoms with E-state index in [4.69, 9.17) is 4.74 Å². The topological polar surface area (TPSA) is 94.3 Å². The molecule has 10 heteroatoms. The molecule has 0 bridgehead atoms. The molecule has 0 aliphatic rings. The van der Waals surface area contributed by atoms with E-state index >= 15 is 0 Å². The van der Waals surface area contributed by atoms with Gasteiger partial charge in [-0.05, 0) is 32.1 Å². The second-order valence-corrected chi connectivity index (χ2v) is 7.12. The Balaban J connectivity index is 1.72. The number of hydrogen-bond acceptors (Lipinski definition) is 7. The van der Waals surface area contributed by atoms with Gasteiger partial charge in [0.2, 0.25) is 5.95 Å². The summed E-state index contributed by atoms with van der Waals surface area (Å²) in [4.78, 5) is 24.8. The summed E-state index contributed by atoms with van der Waals surface area (Å²) in [6.07, 6.45) is 5.09. The van der Waals surface area contributed by atoms with Crippen molar-refractivity contribution in [3.63, 3.8) is 0 Å². The van der Waals surface area contributed by atoms with E-state index in [9.17, 15) is 13.6 Å². The Hall–Kier alpha value is -4.21. The number of pyridine rings is 1. The maximum absolute atomic E-state index is 14.1. The summed E-state index contributed by atoms with van der Waals surface area (Å²) in [5.41, 5.74) is 2.29. The largest absolute Gasteiger partial charge is 0.462 e. The highest BCUT2D eigenvalue weighted by molar-refractivity contribution is 5.90. The number of carbonyl (C=O) groups is 1. The molecule has 8 nitrogen and oxygen atoms in total. The Labute approximate surface area is 188 Å². The molecule has 3 aromatic heterocycles. The van der Waals surface area contributed by atoms with Crippen molar-refractivity contribution in [1.29, 1.82) is 0 Å². The van der Waals surface area contributed by atoms with Crippen LogP contribution in [0.4, 0.5) is 20.4 Å². The number of anilines is 2. The van der Waals surface area contributed by atoms with Crippen molar-refractivity contribution in [2.75, 3.05) is 11.9 Å². The fourth-order valence-electron chi connectivity index (χ4n) is 3.21. The van der Waals surface area contributed by atoms with Gasteiger partial charge in [-0.3, -0.25) is 4.98 Å². The van der Waals surface area contributed by atoms with Crippen LogP contribution in [0.3, 0.4) is 0 Å². The molecule has 1 aromatic carbocycles. The van der Waals surface area contributed by atoms with Crippen LogP contribution in [0.15, 0.2) is 61.6 Å². The third kappa shape index (κ3) is 4.40. The zero-order valence-corrected chi connectivity index (χ0v) is 17.9. The molecule has 0 saturated heterocycles. The minimum absolute atomic E-state index is 0.196. The molecule has 0 saturated carbocycles. The van der Waals surface area contributed by atoms with Crippen LogP contribution in [0, 0.1) is 6.92 Å². The summed E-state index contributed by atoms with van der Waals surface area (Å²) in [5, 5.41) is 7.46. The van der Waals surface area contributed by atoms with Crippen LogP contribution >= 0.6 is 0 Å². The Bertz CT molecular complexity index is 1350. The Kier molecular flexibility index (Phi) is 5.82. The van der Waals surface area contributed by atoms with Crippen molar-refractivity contribution in [1.82, 2.24) is 24.6 Å². The van der Waals surface area contributed by atoms with E-state index in [0.717, 1.165) is 0 Å². The minimum atomic E-state index is -3.17. The molecule has 168 valence electrons. The summed E-state index contributed by atoms with van der Waals surface area (Å²) in [6.45, 7) is 6.96. The van der Waals surface area contributed by atoms with Crippen LogP contribution in [0.5, 0.6) is 0 Å². The zero-order chi connectivity index (χ0) is 23.6. The van der Waals surface area contributed by atoms with E-state index in [1.807, 2.05) is 0 Å². The number of carbonyl (C=O) groups excluding carboxylic acids is 1. The van der Waals surface area contributed by atoms with Gasteiger partial charge in [0.1, 0.15) is 5.52 Å². The molecule has 33 heavy (non-hydrogen) atoms. The highest BCUT2D eigenvalue weighted by Crippen LogP contribution is 2.32. The highest BCUT2D eigenvalue weighted by atomic mass is 19.3. The van der Waals surface area contributed by atoms with E-state index in [1.54, 1.807) is 32.2 Å². The highest BCUT2D eigenvalue weighted by Gasteiger charge is 2.27. The molecule has 1 N–H and O–H groups in total. The van der Waals surface area contributed by atoms with Crippen LogP contribution in [-0.4, -0.2) is 37.1 Å². The second kappa shape index (κ2) is 8.73. The van der Waals surface area contributed by atoms with Crippen LogP contribution in [0.25, 0.3) is 16.9 Å². The lowest BCUT2D eigenvalue weighted by atomic mass is 10.0. The third-order valence-electron chi connectivity index (χ3n) is 4.84. The smallest absolute Gasteiger partial charge is 0.339 e. The first-order valence-electron chi connectivity index (χ1n) is 10.1. The monoisotopic (exact) mass is 450 g/mol. The number of rotatable bonds is 7. The molecule has 0 fully saturated rings. The van der Waals surface area contributed by atoms with E-state index < -0.39 is 11.9 Å². The second-order valence-electron chi connectivity index (χ2n) is 7.12. The van der Waals surface area contributed by atoms with Gasteiger partial charge in [-0.25, -0.2) is 19.3 Å². The zero-order valence-electron chi connectivity index (χ0n) is 17.9. The molecule has 3 heterocycles. The summed E-state index contributed by atoms with van der Waals surface area (Å²) in [6, 6.07) is 7.47. The molecule has 4 aromatic rings. The normalized spacial score (nSPS) is 11.4. The Morgan fingerprint density at radius 3 is 2.85 bits per heavy atom.